The molecule has 2 N–H and O–H groups in total. The highest BCUT2D eigenvalue weighted by molar-refractivity contribution is 7.91. The Hall–Kier alpha value is -1.76. The van der Waals surface area contributed by atoms with E-state index in [4.69, 9.17) is 4.74 Å². The molecule has 114 valence electrons. The van der Waals surface area contributed by atoms with Crippen LogP contribution in [-0.4, -0.2) is 38.6 Å². The van der Waals surface area contributed by atoms with Gasteiger partial charge in [0.2, 0.25) is 0 Å². The molecule has 0 aliphatic carbocycles. The second kappa shape index (κ2) is 5.55. The van der Waals surface area contributed by atoms with Crippen LogP contribution in [0.4, 0.5) is 4.79 Å². The van der Waals surface area contributed by atoms with Crippen LogP contribution in [0.5, 0.6) is 5.75 Å². The van der Waals surface area contributed by atoms with Crippen molar-refractivity contribution in [2.24, 2.45) is 0 Å². The van der Waals surface area contributed by atoms with Crippen LogP contribution < -0.4 is 15.4 Å². The van der Waals surface area contributed by atoms with E-state index < -0.39 is 9.84 Å². The average molecular weight is 310 g/mol. The Morgan fingerprint density at radius 3 is 2.76 bits per heavy atom. The number of rotatable bonds is 2. The van der Waals surface area contributed by atoms with E-state index in [-0.39, 0.29) is 29.6 Å². The number of hydrogen-bond donors (Lipinski definition) is 2. The highest BCUT2D eigenvalue weighted by atomic mass is 32.2. The lowest BCUT2D eigenvalue weighted by atomic mass is 10.0. The predicted molar refractivity (Wildman–Crippen MR) is 78.0 cm³/mol. The van der Waals surface area contributed by atoms with Crippen molar-refractivity contribution in [3.63, 3.8) is 0 Å². The Balaban J connectivity index is 1.61. The Labute approximate surface area is 123 Å². The molecule has 2 atom stereocenters. The van der Waals surface area contributed by atoms with Crippen molar-refractivity contribution in [3.8, 4) is 5.75 Å². The van der Waals surface area contributed by atoms with Gasteiger partial charge in [0.05, 0.1) is 24.2 Å². The fraction of sp³-hybridized carbons (Fsp3) is 0.500. The molecule has 2 aliphatic heterocycles. The van der Waals surface area contributed by atoms with E-state index in [1.807, 2.05) is 24.3 Å². The second-order valence-corrected chi connectivity index (χ2v) is 7.67. The maximum atomic E-state index is 12.0. The summed E-state index contributed by atoms with van der Waals surface area (Å²) in [7, 11) is -2.99. The van der Waals surface area contributed by atoms with E-state index in [0.29, 0.717) is 19.4 Å². The topological polar surface area (TPSA) is 84.5 Å². The Morgan fingerprint density at radius 2 is 2.00 bits per heavy atom. The van der Waals surface area contributed by atoms with Crippen LogP contribution in [0.25, 0.3) is 0 Å². The first-order valence-corrected chi connectivity index (χ1v) is 8.85. The van der Waals surface area contributed by atoms with E-state index in [9.17, 15) is 13.2 Å². The van der Waals surface area contributed by atoms with Gasteiger partial charge in [-0.3, -0.25) is 0 Å². The van der Waals surface area contributed by atoms with Crippen molar-refractivity contribution in [2.45, 2.75) is 24.9 Å². The molecular weight excluding hydrogens is 292 g/mol. The Morgan fingerprint density at radius 1 is 1.19 bits per heavy atom. The first kappa shape index (κ1) is 14.2. The largest absolute Gasteiger partial charge is 0.493 e. The third-order valence-corrected chi connectivity index (χ3v) is 5.60. The summed E-state index contributed by atoms with van der Waals surface area (Å²) < 4.78 is 28.3. The van der Waals surface area contributed by atoms with Crippen LogP contribution in [0, 0.1) is 0 Å². The molecule has 0 bridgehead atoms. The second-order valence-electron chi connectivity index (χ2n) is 5.45. The molecule has 0 unspecified atom stereocenters. The molecule has 1 aromatic rings. The zero-order valence-electron chi connectivity index (χ0n) is 11.5. The van der Waals surface area contributed by atoms with Gasteiger partial charge in [-0.05, 0) is 12.5 Å². The molecule has 2 aliphatic rings. The summed E-state index contributed by atoms with van der Waals surface area (Å²) in [6.45, 7) is 0.555. The van der Waals surface area contributed by atoms with Gasteiger partial charge >= 0.3 is 6.03 Å². The van der Waals surface area contributed by atoms with Gasteiger partial charge in [-0.2, -0.15) is 0 Å². The lowest BCUT2D eigenvalue weighted by Gasteiger charge is -2.27. The van der Waals surface area contributed by atoms with Crippen LogP contribution in [0.2, 0.25) is 0 Å². The van der Waals surface area contributed by atoms with Gasteiger partial charge < -0.3 is 15.4 Å². The summed E-state index contributed by atoms with van der Waals surface area (Å²) >= 11 is 0. The van der Waals surface area contributed by atoms with E-state index in [2.05, 4.69) is 10.6 Å². The number of urea groups is 1. The molecular formula is C14H18N2O4S. The maximum Gasteiger partial charge on any atom is 0.315 e. The molecule has 1 aromatic carbocycles. The van der Waals surface area contributed by atoms with Gasteiger partial charge in [-0.15, -0.1) is 0 Å². The van der Waals surface area contributed by atoms with Gasteiger partial charge in [-0.25, -0.2) is 13.2 Å². The molecule has 6 nitrogen and oxygen atoms in total. The van der Waals surface area contributed by atoms with Crippen LogP contribution in [0.3, 0.4) is 0 Å². The number of benzene rings is 1. The molecule has 2 amide bonds. The van der Waals surface area contributed by atoms with Gasteiger partial charge in [0.15, 0.2) is 9.84 Å². The molecule has 7 heteroatoms. The van der Waals surface area contributed by atoms with Crippen molar-refractivity contribution in [2.75, 3.05) is 18.1 Å². The maximum absolute atomic E-state index is 12.0. The summed E-state index contributed by atoms with van der Waals surface area (Å²) in [5, 5.41) is 5.65. The highest BCUT2D eigenvalue weighted by Crippen LogP contribution is 2.31. The van der Waals surface area contributed by atoms with Crippen molar-refractivity contribution >= 4 is 15.9 Å². The van der Waals surface area contributed by atoms with E-state index >= 15 is 0 Å². The highest BCUT2D eigenvalue weighted by Gasteiger charge is 2.30. The summed E-state index contributed by atoms with van der Waals surface area (Å²) in [6.07, 6.45) is 1.19. The van der Waals surface area contributed by atoms with Crippen molar-refractivity contribution < 1.29 is 17.9 Å². The SMILES string of the molecule is O=C(N[C@H]1CCS(=O)(=O)C1)N[C@@H]1CCOc2ccccc21. The summed E-state index contributed by atoms with van der Waals surface area (Å²) in [6, 6.07) is 6.90. The Kier molecular flexibility index (Phi) is 3.75. The number of fused-ring (bicyclic) bond motifs is 1. The van der Waals surface area contributed by atoms with Crippen molar-refractivity contribution in [1.82, 2.24) is 10.6 Å². The predicted octanol–water partition coefficient (Wildman–Crippen LogP) is 0.996. The number of carbonyl (C=O) groups is 1. The monoisotopic (exact) mass is 310 g/mol. The lowest BCUT2D eigenvalue weighted by molar-refractivity contribution is 0.221. The van der Waals surface area contributed by atoms with Crippen LogP contribution >= 0.6 is 0 Å². The smallest absolute Gasteiger partial charge is 0.315 e. The van der Waals surface area contributed by atoms with Gasteiger partial charge in [0.1, 0.15) is 5.75 Å². The third-order valence-electron chi connectivity index (χ3n) is 3.83. The van der Waals surface area contributed by atoms with Gasteiger partial charge in [0, 0.05) is 18.0 Å². The van der Waals surface area contributed by atoms with Crippen molar-refractivity contribution in [1.29, 1.82) is 0 Å². The molecule has 0 radical (unpaired) electrons. The van der Waals surface area contributed by atoms with E-state index in [1.54, 1.807) is 0 Å². The molecule has 0 aromatic heterocycles. The number of nitrogens with one attached hydrogen (secondary N) is 2. The molecule has 0 saturated carbocycles. The molecule has 3 rings (SSSR count). The van der Waals surface area contributed by atoms with Gasteiger partial charge in [-0.1, -0.05) is 18.2 Å². The number of para-hydroxylation sites is 1. The van der Waals surface area contributed by atoms with Crippen LogP contribution in [0.1, 0.15) is 24.4 Å². The fourth-order valence-electron chi connectivity index (χ4n) is 2.79. The normalized spacial score (nSPS) is 26.5. The van der Waals surface area contributed by atoms with Gasteiger partial charge in [0.25, 0.3) is 0 Å². The van der Waals surface area contributed by atoms with Crippen LogP contribution in [-0.2, 0) is 9.84 Å². The minimum atomic E-state index is -2.99. The molecule has 0 spiro atoms. The fourth-order valence-corrected chi connectivity index (χ4v) is 4.46. The molecule has 21 heavy (non-hydrogen) atoms. The minimum Gasteiger partial charge on any atom is -0.493 e. The number of sulfone groups is 1. The molecule has 1 fully saturated rings. The summed E-state index contributed by atoms with van der Waals surface area (Å²) in [5.41, 5.74) is 0.956. The first-order chi connectivity index (χ1) is 10.0. The van der Waals surface area contributed by atoms with Crippen LogP contribution in [0.15, 0.2) is 24.3 Å². The number of hydrogen-bond acceptors (Lipinski definition) is 4. The lowest BCUT2D eigenvalue weighted by Crippen LogP contribution is -2.44. The van der Waals surface area contributed by atoms with E-state index in [0.717, 1.165) is 11.3 Å². The average Bonchev–Trinajstić information content (AvgIpc) is 2.78. The zero-order valence-corrected chi connectivity index (χ0v) is 12.4. The zero-order chi connectivity index (χ0) is 14.9. The quantitative estimate of drug-likeness (QED) is 0.853. The molecule has 2 heterocycles. The number of amides is 2. The minimum absolute atomic E-state index is 0.0325. The summed E-state index contributed by atoms with van der Waals surface area (Å²) in [4.78, 5) is 12.0. The number of ether oxygens (including phenoxy) is 1. The van der Waals surface area contributed by atoms with E-state index in [1.165, 1.54) is 0 Å². The van der Waals surface area contributed by atoms with Crippen molar-refractivity contribution in [3.05, 3.63) is 29.8 Å². The standard InChI is InChI=1S/C14H18N2O4S/c17-14(15-10-6-8-21(18,19)9-10)16-12-5-7-20-13-4-2-1-3-11(12)13/h1-4,10,12H,5-9H2,(H2,15,16,17)/t10-,12+/m0/s1. The molecule has 1 saturated heterocycles. The summed E-state index contributed by atoms with van der Waals surface area (Å²) in [5.74, 6) is 0.973. The Bertz CT molecular complexity index is 644. The first-order valence-electron chi connectivity index (χ1n) is 7.03. The number of carbonyl (C=O) groups excluding carboxylic acids is 1. The third kappa shape index (κ3) is 3.29.